The molecule has 2 rings (SSSR count). The Morgan fingerprint density at radius 2 is 2.16 bits per heavy atom. The van der Waals surface area contributed by atoms with Crippen molar-refractivity contribution in [1.29, 1.82) is 0 Å². The largest absolute Gasteiger partial charge is 0.451 e. The van der Waals surface area contributed by atoms with Gasteiger partial charge in [-0.25, -0.2) is 4.79 Å². The van der Waals surface area contributed by atoms with Crippen LogP contribution in [0.1, 0.15) is 14.5 Å². The maximum atomic E-state index is 11.8. The van der Waals surface area contributed by atoms with E-state index in [0.29, 0.717) is 36.9 Å². The topological polar surface area (TPSA) is 81.9 Å². The fraction of sp³-hybridized carbons (Fsp3) is 0.500. The van der Waals surface area contributed by atoms with Crippen LogP contribution in [0.5, 0.6) is 0 Å². The molecule has 0 aromatic carbocycles. The Balaban J connectivity index is 1.84. The Labute approximate surface area is 115 Å². The number of rotatable bonds is 3. The lowest BCUT2D eigenvalue weighted by atomic mass is 10.4. The minimum Gasteiger partial charge on any atom is -0.451 e. The number of thiophene rings is 1. The van der Waals surface area contributed by atoms with Crippen LogP contribution < -0.4 is 5.73 Å². The molecule has 1 saturated heterocycles. The van der Waals surface area contributed by atoms with E-state index in [1.54, 1.807) is 11.0 Å². The highest BCUT2D eigenvalue weighted by atomic mass is 32.1. The number of nitrogen functional groups attached to an aromatic ring is 1. The van der Waals surface area contributed by atoms with Gasteiger partial charge in [0.1, 0.15) is 4.88 Å². The second-order valence-corrected chi connectivity index (χ2v) is 5.45. The number of nitrogens with zero attached hydrogens (tertiary/aromatic N) is 1. The summed E-state index contributed by atoms with van der Waals surface area (Å²) < 4.78 is 10.1. The SMILES string of the molecule is Cc1sc(C(=O)OCC(=O)N2CCOCC2)cc1N. The fourth-order valence-electron chi connectivity index (χ4n) is 1.70. The maximum absolute atomic E-state index is 11.8. The van der Waals surface area contributed by atoms with Crippen LogP contribution >= 0.6 is 11.3 Å². The first-order valence-electron chi connectivity index (χ1n) is 5.96. The predicted molar refractivity (Wildman–Crippen MR) is 71.1 cm³/mol. The van der Waals surface area contributed by atoms with E-state index in [1.165, 1.54) is 11.3 Å². The Hall–Kier alpha value is -1.60. The molecule has 0 aliphatic carbocycles. The molecule has 104 valence electrons. The van der Waals surface area contributed by atoms with E-state index in [-0.39, 0.29) is 12.5 Å². The van der Waals surface area contributed by atoms with Gasteiger partial charge in [-0.1, -0.05) is 0 Å². The quantitative estimate of drug-likeness (QED) is 0.824. The first kappa shape index (κ1) is 13.8. The van der Waals surface area contributed by atoms with Crippen molar-refractivity contribution < 1.29 is 19.1 Å². The van der Waals surface area contributed by atoms with Gasteiger partial charge >= 0.3 is 5.97 Å². The van der Waals surface area contributed by atoms with Crippen LogP contribution in [0.2, 0.25) is 0 Å². The normalized spacial score (nSPS) is 15.3. The maximum Gasteiger partial charge on any atom is 0.348 e. The molecule has 6 nitrogen and oxygen atoms in total. The zero-order valence-corrected chi connectivity index (χ0v) is 11.5. The lowest BCUT2D eigenvalue weighted by molar-refractivity contribution is -0.138. The number of hydrogen-bond donors (Lipinski definition) is 1. The Morgan fingerprint density at radius 3 is 2.74 bits per heavy atom. The van der Waals surface area contributed by atoms with Crippen molar-refractivity contribution in [3.63, 3.8) is 0 Å². The van der Waals surface area contributed by atoms with Gasteiger partial charge in [0.15, 0.2) is 6.61 Å². The van der Waals surface area contributed by atoms with Gasteiger partial charge in [-0.3, -0.25) is 4.79 Å². The first-order valence-corrected chi connectivity index (χ1v) is 6.78. The molecule has 1 aromatic heterocycles. The standard InChI is InChI=1S/C12H16N2O4S/c1-8-9(13)6-10(19-8)12(16)18-7-11(15)14-2-4-17-5-3-14/h6H,2-5,7,13H2,1H3. The molecule has 0 atom stereocenters. The summed E-state index contributed by atoms with van der Waals surface area (Å²) in [5.41, 5.74) is 6.23. The third-order valence-corrected chi connectivity index (χ3v) is 3.89. The minimum atomic E-state index is -0.508. The van der Waals surface area contributed by atoms with Crippen molar-refractivity contribution in [3.8, 4) is 0 Å². The number of nitrogens with two attached hydrogens (primary N) is 1. The molecule has 7 heteroatoms. The highest BCUT2D eigenvalue weighted by molar-refractivity contribution is 7.14. The molecule has 0 saturated carbocycles. The summed E-state index contributed by atoms with van der Waals surface area (Å²) in [4.78, 5) is 26.4. The zero-order valence-electron chi connectivity index (χ0n) is 10.7. The van der Waals surface area contributed by atoms with Gasteiger partial charge in [0.25, 0.3) is 5.91 Å². The molecule has 1 aromatic rings. The molecular formula is C12H16N2O4S. The molecule has 1 aliphatic heterocycles. The lowest BCUT2D eigenvalue weighted by Gasteiger charge is -2.26. The summed E-state index contributed by atoms with van der Waals surface area (Å²) in [5, 5.41) is 0. The van der Waals surface area contributed by atoms with Crippen LogP contribution in [0.25, 0.3) is 0 Å². The van der Waals surface area contributed by atoms with Crippen molar-refractivity contribution in [3.05, 3.63) is 15.8 Å². The number of carbonyl (C=O) groups excluding carboxylic acids is 2. The molecule has 2 N–H and O–H groups in total. The number of anilines is 1. The average Bonchev–Trinajstić information content (AvgIpc) is 2.77. The highest BCUT2D eigenvalue weighted by Crippen LogP contribution is 2.23. The van der Waals surface area contributed by atoms with E-state index >= 15 is 0 Å². The third-order valence-electron chi connectivity index (χ3n) is 2.85. The van der Waals surface area contributed by atoms with E-state index in [4.69, 9.17) is 15.2 Å². The van der Waals surface area contributed by atoms with Gasteiger partial charge in [-0.05, 0) is 13.0 Å². The number of morpholine rings is 1. The van der Waals surface area contributed by atoms with E-state index in [0.717, 1.165) is 4.88 Å². The summed E-state index contributed by atoms with van der Waals surface area (Å²) in [6, 6.07) is 1.57. The van der Waals surface area contributed by atoms with Gasteiger partial charge in [-0.2, -0.15) is 0 Å². The second-order valence-electron chi connectivity index (χ2n) is 4.19. The summed E-state index contributed by atoms with van der Waals surface area (Å²) in [7, 11) is 0. The van der Waals surface area contributed by atoms with E-state index in [2.05, 4.69) is 0 Å². The average molecular weight is 284 g/mol. The van der Waals surface area contributed by atoms with Gasteiger partial charge in [0.05, 0.1) is 13.2 Å². The molecule has 0 unspecified atom stereocenters. The summed E-state index contributed by atoms with van der Waals surface area (Å²) in [6.45, 7) is 3.73. The Morgan fingerprint density at radius 1 is 1.47 bits per heavy atom. The van der Waals surface area contributed by atoms with E-state index < -0.39 is 5.97 Å². The number of aryl methyl sites for hydroxylation is 1. The summed E-state index contributed by atoms with van der Waals surface area (Å²) in [5.74, 6) is -0.704. The summed E-state index contributed by atoms with van der Waals surface area (Å²) >= 11 is 1.27. The Bertz CT molecular complexity index is 461. The van der Waals surface area contributed by atoms with Crippen molar-refractivity contribution in [2.75, 3.05) is 38.6 Å². The highest BCUT2D eigenvalue weighted by Gasteiger charge is 2.19. The zero-order chi connectivity index (χ0) is 13.8. The van der Waals surface area contributed by atoms with Crippen LogP contribution in [0, 0.1) is 6.92 Å². The molecule has 1 amide bonds. The number of esters is 1. The van der Waals surface area contributed by atoms with Crippen molar-refractivity contribution >= 4 is 28.9 Å². The molecule has 19 heavy (non-hydrogen) atoms. The van der Waals surface area contributed by atoms with Gasteiger partial charge in [-0.15, -0.1) is 11.3 Å². The second kappa shape index (κ2) is 6.03. The number of amides is 1. The smallest absolute Gasteiger partial charge is 0.348 e. The molecule has 1 fully saturated rings. The van der Waals surface area contributed by atoms with Crippen molar-refractivity contribution in [2.45, 2.75) is 6.92 Å². The van der Waals surface area contributed by atoms with Crippen molar-refractivity contribution in [1.82, 2.24) is 4.90 Å². The summed E-state index contributed by atoms with van der Waals surface area (Å²) in [6.07, 6.45) is 0. The molecule has 0 spiro atoms. The van der Waals surface area contributed by atoms with Crippen LogP contribution in [-0.4, -0.2) is 49.7 Å². The number of hydrogen-bond acceptors (Lipinski definition) is 6. The van der Waals surface area contributed by atoms with Crippen LogP contribution in [0.4, 0.5) is 5.69 Å². The predicted octanol–water partition coefficient (Wildman–Crippen LogP) is 0.654. The molecule has 0 bridgehead atoms. The first-order chi connectivity index (χ1) is 9.08. The molecule has 1 aliphatic rings. The van der Waals surface area contributed by atoms with Crippen LogP contribution in [0.3, 0.4) is 0 Å². The molecular weight excluding hydrogens is 268 g/mol. The van der Waals surface area contributed by atoms with Crippen molar-refractivity contribution in [2.24, 2.45) is 0 Å². The van der Waals surface area contributed by atoms with Crippen LogP contribution in [-0.2, 0) is 14.3 Å². The lowest BCUT2D eigenvalue weighted by Crippen LogP contribution is -2.42. The Kier molecular flexibility index (Phi) is 4.39. The van der Waals surface area contributed by atoms with Gasteiger partial charge < -0.3 is 20.1 Å². The third kappa shape index (κ3) is 3.45. The van der Waals surface area contributed by atoms with E-state index in [9.17, 15) is 9.59 Å². The minimum absolute atomic E-state index is 0.196. The van der Waals surface area contributed by atoms with Gasteiger partial charge in [0, 0.05) is 23.7 Å². The fourth-order valence-corrected chi connectivity index (χ4v) is 2.53. The molecule has 2 heterocycles. The number of ether oxygens (including phenoxy) is 2. The number of carbonyl (C=O) groups is 2. The van der Waals surface area contributed by atoms with Crippen LogP contribution in [0.15, 0.2) is 6.07 Å². The van der Waals surface area contributed by atoms with E-state index in [1.807, 2.05) is 6.92 Å². The molecule has 0 radical (unpaired) electrons. The van der Waals surface area contributed by atoms with Gasteiger partial charge in [0.2, 0.25) is 0 Å². The monoisotopic (exact) mass is 284 g/mol.